The van der Waals surface area contributed by atoms with E-state index >= 15 is 0 Å². The molecule has 1 aromatic carbocycles. The Morgan fingerprint density at radius 3 is 2.53 bits per heavy atom. The molecule has 19 heavy (non-hydrogen) atoms. The second kappa shape index (κ2) is 6.54. The van der Waals surface area contributed by atoms with Crippen LogP contribution in [0.4, 0.5) is 5.69 Å². The van der Waals surface area contributed by atoms with E-state index in [2.05, 4.69) is 5.43 Å². The molecule has 0 heterocycles. The van der Waals surface area contributed by atoms with Gasteiger partial charge in [-0.15, -0.1) is 0 Å². The average molecular weight is 263 g/mol. The molecule has 0 aliphatic heterocycles. The van der Waals surface area contributed by atoms with Crippen LogP contribution in [0.3, 0.4) is 0 Å². The Morgan fingerprint density at radius 1 is 1.37 bits per heavy atom. The lowest BCUT2D eigenvalue weighted by atomic mass is 9.90. The van der Waals surface area contributed by atoms with Gasteiger partial charge >= 0.3 is 0 Å². The van der Waals surface area contributed by atoms with Gasteiger partial charge in [-0.2, -0.15) is 0 Å². The highest BCUT2D eigenvalue weighted by Gasteiger charge is 2.28. The summed E-state index contributed by atoms with van der Waals surface area (Å²) in [5.74, 6) is 5.35. The number of hydrogen-bond donors (Lipinski definition) is 3. The number of nitrogens with one attached hydrogen (secondary N) is 1. The van der Waals surface area contributed by atoms with Crippen molar-refractivity contribution in [3.63, 3.8) is 0 Å². The molecule has 0 spiro atoms. The number of nitrogen functional groups attached to an aromatic ring is 1. The maximum absolute atomic E-state index is 12.5. The average Bonchev–Trinajstić information content (AvgIpc) is 2.40. The number of carbonyl (C=O) groups is 1. The molecule has 0 unspecified atom stereocenters. The van der Waals surface area contributed by atoms with Gasteiger partial charge in [0.15, 0.2) is 0 Å². The lowest BCUT2D eigenvalue weighted by molar-refractivity contribution is 0.0562. The minimum atomic E-state index is 0.0433. The number of aliphatic hydroxyl groups excluding tert-OH is 1. The van der Waals surface area contributed by atoms with Gasteiger partial charge in [0, 0.05) is 30.4 Å². The molecule has 0 saturated heterocycles. The molecule has 0 radical (unpaired) electrons. The van der Waals surface area contributed by atoms with E-state index in [1.807, 2.05) is 4.90 Å². The van der Waals surface area contributed by atoms with E-state index in [9.17, 15) is 4.79 Å². The number of rotatable bonds is 6. The second-order valence-electron chi connectivity index (χ2n) is 4.88. The summed E-state index contributed by atoms with van der Waals surface area (Å²) in [6, 6.07) is 7.48. The molecule has 4 N–H and O–H groups in total. The van der Waals surface area contributed by atoms with Crippen LogP contribution in [0.1, 0.15) is 36.0 Å². The summed E-state index contributed by atoms with van der Waals surface area (Å²) in [4.78, 5) is 14.4. The van der Waals surface area contributed by atoms with Gasteiger partial charge in [0.25, 0.3) is 5.91 Å². The van der Waals surface area contributed by atoms with Crippen molar-refractivity contribution in [2.24, 2.45) is 5.84 Å². The Balaban J connectivity index is 2.08. The SMILES string of the molecule is NNc1ccc(C(=O)N(CCCO)C2CCC2)cc1. The number of hydrazine groups is 1. The molecule has 1 saturated carbocycles. The number of anilines is 1. The fourth-order valence-corrected chi connectivity index (χ4v) is 2.26. The first-order valence-electron chi connectivity index (χ1n) is 6.74. The van der Waals surface area contributed by atoms with Crippen molar-refractivity contribution in [3.05, 3.63) is 29.8 Å². The van der Waals surface area contributed by atoms with Crippen molar-refractivity contribution in [2.45, 2.75) is 31.7 Å². The predicted octanol–water partition coefficient (Wildman–Crippen LogP) is 1.35. The van der Waals surface area contributed by atoms with Gasteiger partial charge in [-0.3, -0.25) is 10.6 Å². The van der Waals surface area contributed by atoms with E-state index in [0.29, 0.717) is 24.6 Å². The Labute approximate surface area is 113 Å². The summed E-state index contributed by atoms with van der Waals surface area (Å²) in [5.41, 5.74) is 3.99. The number of amides is 1. The zero-order chi connectivity index (χ0) is 13.7. The smallest absolute Gasteiger partial charge is 0.254 e. The molecule has 2 rings (SSSR count). The van der Waals surface area contributed by atoms with Crippen molar-refractivity contribution < 1.29 is 9.90 Å². The van der Waals surface area contributed by atoms with Crippen molar-refractivity contribution >= 4 is 11.6 Å². The number of nitrogens with two attached hydrogens (primary N) is 1. The first-order chi connectivity index (χ1) is 9.26. The molecule has 0 atom stereocenters. The fraction of sp³-hybridized carbons (Fsp3) is 0.500. The third-order valence-electron chi connectivity index (χ3n) is 3.63. The van der Waals surface area contributed by atoms with E-state index in [1.165, 1.54) is 6.42 Å². The molecular weight excluding hydrogens is 242 g/mol. The zero-order valence-electron chi connectivity index (χ0n) is 11.0. The molecule has 5 heteroatoms. The molecule has 1 amide bonds. The van der Waals surface area contributed by atoms with Crippen molar-refractivity contribution in [1.29, 1.82) is 0 Å². The third-order valence-corrected chi connectivity index (χ3v) is 3.63. The van der Waals surface area contributed by atoms with Gasteiger partial charge in [-0.1, -0.05) is 0 Å². The summed E-state index contributed by atoms with van der Waals surface area (Å²) in [5, 5.41) is 8.95. The predicted molar refractivity (Wildman–Crippen MR) is 74.6 cm³/mol. The number of carbonyl (C=O) groups excluding carboxylic acids is 1. The van der Waals surface area contributed by atoms with Crippen LogP contribution in [0, 0.1) is 0 Å². The van der Waals surface area contributed by atoms with Crippen LogP contribution in [0.15, 0.2) is 24.3 Å². The van der Waals surface area contributed by atoms with Gasteiger partial charge in [-0.05, 0) is 49.9 Å². The topological polar surface area (TPSA) is 78.6 Å². The van der Waals surface area contributed by atoms with Gasteiger partial charge in [0.1, 0.15) is 0 Å². The Morgan fingerprint density at radius 2 is 2.05 bits per heavy atom. The largest absolute Gasteiger partial charge is 0.396 e. The molecule has 1 aliphatic rings. The highest BCUT2D eigenvalue weighted by molar-refractivity contribution is 5.94. The van der Waals surface area contributed by atoms with Crippen LogP contribution in [0.5, 0.6) is 0 Å². The molecule has 0 aromatic heterocycles. The molecule has 5 nitrogen and oxygen atoms in total. The zero-order valence-corrected chi connectivity index (χ0v) is 11.0. The summed E-state index contributed by atoms with van der Waals surface area (Å²) in [6.07, 6.45) is 3.95. The van der Waals surface area contributed by atoms with E-state index in [1.54, 1.807) is 24.3 Å². The second-order valence-corrected chi connectivity index (χ2v) is 4.88. The first-order valence-corrected chi connectivity index (χ1v) is 6.74. The van der Waals surface area contributed by atoms with Gasteiger partial charge in [0.2, 0.25) is 0 Å². The Kier molecular flexibility index (Phi) is 4.76. The monoisotopic (exact) mass is 263 g/mol. The maximum atomic E-state index is 12.5. The number of nitrogens with zero attached hydrogens (tertiary/aromatic N) is 1. The Bertz CT molecular complexity index is 415. The number of aliphatic hydroxyl groups is 1. The minimum Gasteiger partial charge on any atom is -0.396 e. The lowest BCUT2D eigenvalue weighted by Gasteiger charge is -2.37. The van der Waals surface area contributed by atoms with Crippen molar-refractivity contribution in [3.8, 4) is 0 Å². The van der Waals surface area contributed by atoms with Gasteiger partial charge in [-0.25, -0.2) is 0 Å². The number of hydrogen-bond acceptors (Lipinski definition) is 4. The lowest BCUT2D eigenvalue weighted by Crippen LogP contribution is -2.44. The normalized spacial score (nSPS) is 14.8. The molecule has 0 bridgehead atoms. The molecule has 104 valence electrons. The quantitative estimate of drug-likeness (QED) is 0.535. The highest BCUT2D eigenvalue weighted by Crippen LogP contribution is 2.26. The molecule has 1 aromatic rings. The van der Waals surface area contributed by atoms with Crippen LogP contribution in [-0.2, 0) is 0 Å². The van der Waals surface area contributed by atoms with E-state index in [0.717, 1.165) is 18.5 Å². The van der Waals surface area contributed by atoms with Crippen LogP contribution in [-0.4, -0.2) is 35.1 Å². The van der Waals surface area contributed by atoms with Crippen LogP contribution in [0.2, 0.25) is 0 Å². The van der Waals surface area contributed by atoms with Crippen molar-refractivity contribution in [2.75, 3.05) is 18.6 Å². The Hall–Kier alpha value is -1.59. The first kappa shape index (κ1) is 13.8. The van der Waals surface area contributed by atoms with E-state index < -0.39 is 0 Å². The fourth-order valence-electron chi connectivity index (χ4n) is 2.26. The molecular formula is C14H21N3O2. The summed E-state index contributed by atoms with van der Waals surface area (Å²) < 4.78 is 0. The van der Waals surface area contributed by atoms with E-state index in [-0.39, 0.29) is 12.5 Å². The summed E-state index contributed by atoms with van der Waals surface area (Å²) >= 11 is 0. The van der Waals surface area contributed by atoms with E-state index in [4.69, 9.17) is 10.9 Å². The summed E-state index contributed by atoms with van der Waals surface area (Å²) in [6.45, 7) is 0.740. The molecule has 1 aliphatic carbocycles. The van der Waals surface area contributed by atoms with Crippen LogP contribution in [0.25, 0.3) is 0 Å². The van der Waals surface area contributed by atoms with Crippen LogP contribution >= 0.6 is 0 Å². The van der Waals surface area contributed by atoms with Gasteiger partial charge in [0.05, 0.1) is 0 Å². The third kappa shape index (κ3) is 3.24. The van der Waals surface area contributed by atoms with Crippen LogP contribution < -0.4 is 11.3 Å². The molecule has 1 fully saturated rings. The minimum absolute atomic E-state index is 0.0433. The van der Waals surface area contributed by atoms with Crippen molar-refractivity contribution in [1.82, 2.24) is 4.90 Å². The van der Waals surface area contributed by atoms with Gasteiger partial charge < -0.3 is 15.4 Å². The standard InChI is InChI=1S/C14H21N3O2/c15-16-12-7-5-11(6-8-12)14(19)17(9-2-10-18)13-3-1-4-13/h5-8,13,16,18H,1-4,9-10,15H2. The number of benzene rings is 1. The highest BCUT2D eigenvalue weighted by atomic mass is 16.3. The summed E-state index contributed by atoms with van der Waals surface area (Å²) in [7, 11) is 0. The maximum Gasteiger partial charge on any atom is 0.254 e.